The summed E-state index contributed by atoms with van der Waals surface area (Å²) >= 11 is 0. The number of nitrogens with one attached hydrogen (secondary N) is 1. The van der Waals surface area contributed by atoms with Crippen LogP contribution in [-0.4, -0.2) is 9.97 Å². The molecule has 2 aromatic carbocycles. The first-order valence-electron chi connectivity index (χ1n) is 8.32. The highest BCUT2D eigenvalue weighted by Crippen LogP contribution is 2.21. The molecule has 1 aromatic heterocycles. The second kappa shape index (κ2) is 7.59. The van der Waals surface area contributed by atoms with Crippen LogP contribution in [0.4, 0.5) is 11.6 Å². The van der Waals surface area contributed by atoms with Crippen LogP contribution in [0, 0.1) is 17.2 Å². The summed E-state index contributed by atoms with van der Waals surface area (Å²) in [6, 6.07) is 17.9. The van der Waals surface area contributed by atoms with Gasteiger partial charge in [0.15, 0.2) is 0 Å². The van der Waals surface area contributed by atoms with Crippen molar-refractivity contribution in [2.75, 3.05) is 5.32 Å². The van der Waals surface area contributed by atoms with Crippen molar-refractivity contribution in [3.63, 3.8) is 0 Å². The molecule has 0 aliphatic carbocycles. The van der Waals surface area contributed by atoms with Crippen molar-refractivity contribution in [2.24, 2.45) is 5.92 Å². The minimum atomic E-state index is 0.553. The molecule has 0 atom stereocenters. The molecule has 0 spiro atoms. The third-order valence-electron chi connectivity index (χ3n) is 3.83. The Morgan fingerprint density at radius 3 is 2.36 bits per heavy atom. The normalized spacial score (nSPS) is 10.5. The number of aromatic nitrogens is 2. The van der Waals surface area contributed by atoms with Gasteiger partial charge in [-0.1, -0.05) is 38.1 Å². The van der Waals surface area contributed by atoms with Crippen LogP contribution in [0.15, 0.2) is 60.9 Å². The molecule has 0 aliphatic heterocycles. The molecular weight excluding hydrogens is 308 g/mol. The van der Waals surface area contributed by atoms with Crippen LogP contribution in [0.5, 0.6) is 0 Å². The number of hydrogen-bond donors (Lipinski definition) is 1. The minimum absolute atomic E-state index is 0.553. The number of nitriles is 1. The van der Waals surface area contributed by atoms with Gasteiger partial charge < -0.3 is 5.32 Å². The molecular formula is C21H20N4. The van der Waals surface area contributed by atoms with Crippen molar-refractivity contribution in [1.29, 1.82) is 5.26 Å². The molecule has 3 rings (SSSR count). The van der Waals surface area contributed by atoms with Gasteiger partial charge in [-0.25, -0.2) is 9.97 Å². The fourth-order valence-corrected chi connectivity index (χ4v) is 2.63. The number of benzene rings is 2. The predicted molar refractivity (Wildman–Crippen MR) is 100 cm³/mol. The first kappa shape index (κ1) is 16.7. The number of anilines is 2. The molecule has 1 N–H and O–H groups in total. The number of hydrogen-bond acceptors (Lipinski definition) is 4. The van der Waals surface area contributed by atoms with E-state index in [9.17, 15) is 0 Å². The summed E-state index contributed by atoms with van der Waals surface area (Å²) in [5.74, 6) is 1.20. The maximum atomic E-state index is 8.99. The lowest BCUT2D eigenvalue weighted by atomic mass is 10.0. The van der Waals surface area contributed by atoms with E-state index in [1.54, 1.807) is 18.5 Å². The van der Waals surface area contributed by atoms with Crippen molar-refractivity contribution in [1.82, 2.24) is 9.97 Å². The highest BCUT2D eigenvalue weighted by atomic mass is 15.1. The molecule has 0 bridgehead atoms. The Bertz CT molecular complexity index is 875. The van der Waals surface area contributed by atoms with Gasteiger partial charge in [0, 0.05) is 23.6 Å². The second-order valence-electron chi connectivity index (χ2n) is 6.41. The lowest BCUT2D eigenvalue weighted by Gasteiger charge is -2.08. The zero-order valence-electron chi connectivity index (χ0n) is 14.4. The number of nitrogens with zero attached hydrogens (tertiary/aromatic N) is 3. The summed E-state index contributed by atoms with van der Waals surface area (Å²) in [6.45, 7) is 4.43. The van der Waals surface area contributed by atoms with Crippen LogP contribution in [0.2, 0.25) is 0 Å². The minimum Gasteiger partial charge on any atom is -0.324 e. The van der Waals surface area contributed by atoms with Gasteiger partial charge in [-0.05, 0) is 47.7 Å². The Morgan fingerprint density at radius 2 is 1.72 bits per heavy atom. The standard InChI is InChI=1S/C21H20N4/c1-15(2)10-16-6-8-20(9-7-16)25-21-23-13-19(14-24-21)18-5-3-4-17(11-18)12-22/h3-9,11,13-15H,10H2,1-2H3,(H,23,24,25). The molecule has 0 fully saturated rings. The van der Waals surface area contributed by atoms with Crippen LogP contribution >= 0.6 is 0 Å². The van der Waals surface area contributed by atoms with Crippen molar-refractivity contribution in [3.05, 3.63) is 72.1 Å². The summed E-state index contributed by atoms with van der Waals surface area (Å²) < 4.78 is 0. The van der Waals surface area contributed by atoms with Crippen LogP contribution in [0.1, 0.15) is 25.0 Å². The Balaban J connectivity index is 1.71. The monoisotopic (exact) mass is 328 g/mol. The van der Waals surface area contributed by atoms with E-state index in [1.807, 2.05) is 30.3 Å². The average molecular weight is 328 g/mol. The van der Waals surface area contributed by atoms with E-state index in [2.05, 4.69) is 47.3 Å². The van der Waals surface area contributed by atoms with Gasteiger partial charge in [-0.15, -0.1) is 0 Å². The quantitative estimate of drug-likeness (QED) is 0.719. The molecule has 4 nitrogen and oxygen atoms in total. The SMILES string of the molecule is CC(C)Cc1ccc(Nc2ncc(-c3cccc(C#N)c3)cn2)cc1. The molecule has 0 amide bonds. The van der Waals surface area contributed by atoms with Crippen LogP contribution in [0.25, 0.3) is 11.1 Å². The molecule has 0 saturated carbocycles. The van der Waals surface area contributed by atoms with E-state index in [0.717, 1.165) is 23.2 Å². The smallest absolute Gasteiger partial charge is 0.227 e. The lowest BCUT2D eigenvalue weighted by molar-refractivity contribution is 0.647. The summed E-state index contributed by atoms with van der Waals surface area (Å²) in [5.41, 5.74) is 4.74. The molecule has 124 valence electrons. The average Bonchev–Trinajstić information content (AvgIpc) is 2.63. The van der Waals surface area contributed by atoms with Gasteiger partial charge in [0.1, 0.15) is 0 Å². The molecule has 0 unspecified atom stereocenters. The van der Waals surface area contributed by atoms with Gasteiger partial charge in [0.05, 0.1) is 11.6 Å². The highest BCUT2D eigenvalue weighted by molar-refractivity contribution is 5.64. The van der Waals surface area contributed by atoms with Crippen LogP contribution in [-0.2, 0) is 6.42 Å². The van der Waals surface area contributed by atoms with E-state index in [0.29, 0.717) is 17.4 Å². The second-order valence-corrected chi connectivity index (χ2v) is 6.41. The highest BCUT2D eigenvalue weighted by Gasteiger charge is 2.03. The van der Waals surface area contributed by atoms with Crippen molar-refractivity contribution < 1.29 is 0 Å². The summed E-state index contributed by atoms with van der Waals surface area (Å²) in [5, 5.41) is 12.2. The van der Waals surface area contributed by atoms with Crippen molar-refractivity contribution >= 4 is 11.6 Å². The van der Waals surface area contributed by atoms with E-state index in [1.165, 1.54) is 5.56 Å². The van der Waals surface area contributed by atoms with Crippen molar-refractivity contribution in [2.45, 2.75) is 20.3 Å². The van der Waals surface area contributed by atoms with Gasteiger partial charge in [0.25, 0.3) is 0 Å². The van der Waals surface area contributed by atoms with Crippen LogP contribution in [0.3, 0.4) is 0 Å². The summed E-state index contributed by atoms with van der Waals surface area (Å²) in [7, 11) is 0. The van der Waals surface area contributed by atoms with Gasteiger partial charge in [0.2, 0.25) is 5.95 Å². The van der Waals surface area contributed by atoms with Crippen molar-refractivity contribution in [3.8, 4) is 17.2 Å². The first-order chi connectivity index (χ1) is 12.1. The molecule has 4 heteroatoms. The van der Waals surface area contributed by atoms with E-state index in [-0.39, 0.29) is 0 Å². The summed E-state index contributed by atoms with van der Waals surface area (Å²) in [4.78, 5) is 8.74. The maximum absolute atomic E-state index is 8.99. The summed E-state index contributed by atoms with van der Waals surface area (Å²) in [6.07, 6.45) is 4.60. The Morgan fingerprint density at radius 1 is 1.00 bits per heavy atom. The first-order valence-corrected chi connectivity index (χ1v) is 8.32. The molecule has 0 radical (unpaired) electrons. The molecule has 3 aromatic rings. The third-order valence-corrected chi connectivity index (χ3v) is 3.83. The van der Waals surface area contributed by atoms with Gasteiger partial charge in [-0.3, -0.25) is 0 Å². The largest absolute Gasteiger partial charge is 0.324 e. The number of rotatable bonds is 5. The Hall–Kier alpha value is -3.19. The van der Waals surface area contributed by atoms with Gasteiger partial charge in [-0.2, -0.15) is 5.26 Å². The third kappa shape index (κ3) is 4.42. The topological polar surface area (TPSA) is 61.6 Å². The van der Waals surface area contributed by atoms with E-state index in [4.69, 9.17) is 5.26 Å². The van der Waals surface area contributed by atoms with Gasteiger partial charge >= 0.3 is 0 Å². The van der Waals surface area contributed by atoms with Crippen LogP contribution < -0.4 is 5.32 Å². The molecule has 1 heterocycles. The predicted octanol–water partition coefficient (Wildman–Crippen LogP) is 4.96. The maximum Gasteiger partial charge on any atom is 0.227 e. The Kier molecular flexibility index (Phi) is 5.06. The zero-order valence-corrected chi connectivity index (χ0v) is 14.4. The van der Waals surface area contributed by atoms with E-state index < -0.39 is 0 Å². The Labute approximate surface area is 148 Å². The fourth-order valence-electron chi connectivity index (χ4n) is 2.63. The lowest BCUT2D eigenvalue weighted by Crippen LogP contribution is -1.98. The zero-order chi connectivity index (χ0) is 17.6. The molecule has 0 aliphatic rings. The molecule has 0 saturated heterocycles. The fraction of sp³-hybridized carbons (Fsp3) is 0.190. The molecule has 25 heavy (non-hydrogen) atoms. The van der Waals surface area contributed by atoms with E-state index >= 15 is 0 Å².